The summed E-state index contributed by atoms with van der Waals surface area (Å²) in [6.45, 7) is 7.15. The zero-order valence-electron chi connectivity index (χ0n) is 34.2. The summed E-state index contributed by atoms with van der Waals surface area (Å²) in [4.78, 5) is 11.8. The van der Waals surface area contributed by atoms with E-state index in [0.717, 1.165) is 76.5 Å². The number of fused-ring (bicyclic) bond motifs is 10. The molecule has 0 radical (unpaired) electrons. The van der Waals surface area contributed by atoms with Crippen LogP contribution in [0, 0.1) is 58.7 Å². The maximum Gasteiger partial charge on any atom is 0.155 e. The molecule has 5 fully saturated rings. The van der Waals surface area contributed by atoms with Crippen molar-refractivity contribution in [2.45, 2.75) is 186 Å². The van der Waals surface area contributed by atoms with Gasteiger partial charge in [-0.05, 0) is 172 Å². The first-order chi connectivity index (χ1) is 26.1. The van der Waals surface area contributed by atoms with Crippen molar-refractivity contribution in [1.82, 2.24) is 0 Å². The monoisotopic (exact) mass is 743 g/mol. The van der Waals surface area contributed by atoms with Crippen LogP contribution in [-0.2, 0) is 11.2 Å². The van der Waals surface area contributed by atoms with Gasteiger partial charge in [-0.3, -0.25) is 4.79 Å². The van der Waals surface area contributed by atoms with E-state index in [1.165, 1.54) is 93.7 Å². The van der Waals surface area contributed by atoms with Crippen LogP contribution in [-0.4, -0.2) is 44.5 Å². The first-order valence-electron chi connectivity index (χ1n) is 22.6. The van der Waals surface area contributed by atoms with E-state index < -0.39 is 5.60 Å². The quantitative estimate of drug-likeness (QED) is 0.149. The lowest BCUT2D eigenvalue weighted by molar-refractivity contribution is -0.117. The maximum absolute atomic E-state index is 11.8. The molecule has 5 saturated carbocycles. The fourth-order valence-electron chi connectivity index (χ4n) is 13.7. The number of aliphatic hydroxyl groups excluding tert-OH is 2. The van der Waals surface area contributed by atoms with E-state index in [0.29, 0.717) is 53.6 Å². The number of carbonyl (C=O) groups is 1. The Hall–Kier alpha value is -2.13. The molecule has 7 aliphatic rings. The average molecular weight is 743 g/mol. The van der Waals surface area contributed by atoms with Crippen LogP contribution in [0.25, 0.3) is 0 Å². The number of ketones is 1. The van der Waals surface area contributed by atoms with E-state index in [1.807, 2.05) is 18.2 Å². The number of aromatic hydroxyl groups is 1. The molecule has 7 aliphatic carbocycles. The minimum absolute atomic E-state index is 0.0609. The maximum atomic E-state index is 11.8. The molecule has 0 spiro atoms. The summed E-state index contributed by atoms with van der Waals surface area (Å²) in [5, 5.41) is 39.7. The number of hydrogen-bond acceptors (Lipinski definition) is 5. The molecule has 300 valence electrons. The van der Waals surface area contributed by atoms with Gasteiger partial charge in [0.25, 0.3) is 0 Å². The van der Waals surface area contributed by atoms with Gasteiger partial charge in [-0.25, -0.2) is 0 Å². The first kappa shape index (κ1) is 41.5. The summed E-state index contributed by atoms with van der Waals surface area (Å²) in [5.41, 5.74) is 3.47. The van der Waals surface area contributed by atoms with Crippen molar-refractivity contribution >= 4 is 5.78 Å². The van der Waals surface area contributed by atoms with E-state index in [4.69, 9.17) is 11.5 Å². The third kappa shape index (κ3) is 8.02. The minimum Gasteiger partial charge on any atom is -0.508 e. The Morgan fingerprint density at radius 1 is 0.778 bits per heavy atom. The van der Waals surface area contributed by atoms with Gasteiger partial charge in [-0.1, -0.05) is 83.3 Å². The lowest BCUT2D eigenvalue weighted by Gasteiger charge is -2.55. The number of rotatable bonds is 9. The lowest BCUT2D eigenvalue weighted by atomic mass is 9.49. The van der Waals surface area contributed by atoms with Gasteiger partial charge in [0.15, 0.2) is 5.78 Å². The van der Waals surface area contributed by atoms with Gasteiger partial charge in [-0.2, -0.15) is 0 Å². The topological polar surface area (TPSA) is 98.0 Å². The number of hydrogen-bond donors (Lipinski definition) is 4. The Labute approximate surface area is 328 Å². The number of aliphatic hydroxyl groups is 3. The number of terminal acetylenes is 1. The van der Waals surface area contributed by atoms with Crippen LogP contribution in [0.3, 0.4) is 0 Å². The second-order valence-electron chi connectivity index (χ2n) is 19.0. The van der Waals surface area contributed by atoms with E-state index in [2.05, 4.69) is 32.8 Å². The van der Waals surface area contributed by atoms with Gasteiger partial charge >= 0.3 is 0 Å². The zero-order valence-corrected chi connectivity index (χ0v) is 34.2. The first-order valence-corrected chi connectivity index (χ1v) is 22.6. The SMILES string of the molecule is C#C[C@]1(O)CC[C@H]2[C@@H]3CCC4=CC(=O)CC[C@@H]4[C@H]3CC[C@@]21CC.CCCCCCCCCCO.C[C@]12CC[C@@H]3c4ccc(O)cc4CC[C@H]3[C@@H]1CC[C@@H]2O. The highest BCUT2D eigenvalue weighted by Gasteiger charge is 2.63. The molecule has 1 aromatic carbocycles. The van der Waals surface area contributed by atoms with Gasteiger partial charge in [0.1, 0.15) is 11.4 Å². The molecule has 0 unspecified atom stereocenters. The Morgan fingerprint density at radius 3 is 2.24 bits per heavy atom. The fraction of sp³-hybridized carbons (Fsp3) is 0.776. The standard InChI is InChI=1S/C21H28O2.C18H24O2.C10H22O/c1-3-20-11-9-17-16-8-6-15(22)13-14(16)5-7-18(17)19(20)10-12-21(20,23)4-2;1-18-9-8-14-13-5-3-12(19)10-11(13)2-4-15(14)16(18)6-7-17(18)20;1-2-3-4-5-6-7-8-9-10-11/h2,13,16-19,23H,3,5-12H2,1H3;3,5,10,14-17,19-20H,2,4,6-9H2,1H3;11H,2-10H2,1H3/t16-,17+,18+,19-,20-,21-;14-,15-,16+,17+,18+;/m01./s1. The summed E-state index contributed by atoms with van der Waals surface area (Å²) >= 11 is 0. The average Bonchev–Trinajstić information content (AvgIpc) is 3.67. The highest BCUT2D eigenvalue weighted by Crippen LogP contribution is 2.66. The van der Waals surface area contributed by atoms with Crippen LogP contribution in [0.1, 0.15) is 179 Å². The number of aryl methyl sites for hydroxylation is 1. The van der Waals surface area contributed by atoms with E-state index in [1.54, 1.807) is 0 Å². The predicted octanol–water partition coefficient (Wildman–Crippen LogP) is 10.6. The van der Waals surface area contributed by atoms with Crippen LogP contribution in [0.5, 0.6) is 5.75 Å². The Balaban J connectivity index is 0.000000147. The molecule has 54 heavy (non-hydrogen) atoms. The molecule has 1 aromatic rings. The third-order valence-corrected chi connectivity index (χ3v) is 16.7. The summed E-state index contributed by atoms with van der Waals surface area (Å²) in [7, 11) is 0. The third-order valence-electron chi connectivity index (χ3n) is 16.7. The minimum atomic E-state index is -0.893. The molecule has 0 aromatic heterocycles. The molecule has 0 saturated heterocycles. The molecule has 8 rings (SSSR count). The summed E-state index contributed by atoms with van der Waals surface area (Å²) in [6.07, 6.45) is 34.0. The predicted molar refractivity (Wildman–Crippen MR) is 219 cm³/mol. The molecule has 0 aliphatic heterocycles. The van der Waals surface area contributed by atoms with Gasteiger partial charge in [0.2, 0.25) is 0 Å². The van der Waals surface area contributed by atoms with Gasteiger partial charge in [-0.15, -0.1) is 6.42 Å². The lowest BCUT2D eigenvalue weighted by Crippen LogP contribution is -2.53. The molecular formula is C49H74O5. The van der Waals surface area contributed by atoms with Crippen molar-refractivity contribution in [2.24, 2.45) is 46.3 Å². The molecule has 0 heterocycles. The second kappa shape index (κ2) is 18.0. The zero-order chi connectivity index (χ0) is 38.5. The van der Waals surface area contributed by atoms with Crippen LogP contribution >= 0.6 is 0 Å². The summed E-state index contributed by atoms with van der Waals surface area (Å²) in [5.74, 6) is 8.22. The summed E-state index contributed by atoms with van der Waals surface area (Å²) in [6, 6.07) is 5.96. The Kier molecular flexibility index (Phi) is 13.8. The molecule has 5 nitrogen and oxygen atoms in total. The number of phenols is 1. The van der Waals surface area contributed by atoms with Crippen LogP contribution in [0.15, 0.2) is 29.8 Å². The number of phenolic OH excluding ortho intramolecular Hbond substituents is 1. The van der Waals surface area contributed by atoms with Crippen molar-refractivity contribution in [2.75, 3.05) is 6.61 Å². The molecule has 0 amide bonds. The van der Waals surface area contributed by atoms with Crippen molar-refractivity contribution < 1.29 is 25.2 Å². The highest BCUT2D eigenvalue weighted by atomic mass is 16.3. The fourth-order valence-corrected chi connectivity index (χ4v) is 13.7. The number of unbranched alkanes of at least 4 members (excludes halogenated alkanes) is 7. The van der Waals surface area contributed by atoms with Gasteiger partial charge < -0.3 is 20.4 Å². The largest absolute Gasteiger partial charge is 0.508 e. The molecule has 5 heteroatoms. The second-order valence-corrected chi connectivity index (χ2v) is 19.0. The van der Waals surface area contributed by atoms with Crippen LogP contribution < -0.4 is 0 Å². The van der Waals surface area contributed by atoms with Crippen LogP contribution in [0.4, 0.5) is 0 Å². The van der Waals surface area contributed by atoms with E-state index in [-0.39, 0.29) is 16.9 Å². The normalized spacial score (nSPS) is 38.7. The van der Waals surface area contributed by atoms with Crippen molar-refractivity contribution in [3.8, 4) is 18.1 Å². The molecule has 0 bridgehead atoms. The van der Waals surface area contributed by atoms with E-state index >= 15 is 0 Å². The van der Waals surface area contributed by atoms with Crippen molar-refractivity contribution in [3.63, 3.8) is 0 Å². The van der Waals surface area contributed by atoms with Crippen LogP contribution in [0.2, 0.25) is 0 Å². The number of benzene rings is 1. The van der Waals surface area contributed by atoms with Gasteiger partial charge in [0, 0.05) is 18.4 Å². The van der Waals surface area contributed by atoms with Crippen molar-refractivity contribution in [3.05, 3.63) is 41.0 Å². The van der Waals surface area contributed by atoms with Crippen molar-refractivity contribution in [1.29, 1.82) is 0 Å². The summed E-state index contributed by atoms with van der Waals surface area (Å²) < 4.78 is 0. The Bertz CT molecular complexity index is 1480. The number of allylic oxidation sites excluding steroid dienone is 1. The van der Waals surface area contributed by atoms with Gasteiger partial charge in [0.05, 0.1) is 6.10 Å². The molecule has 11 atom stereocenters. The highest BCUT2D eigenvalue weighted by molar-refractivity contribution is 5.91. The van der Waals surface area contributed by atoms with E-state index in [9.17, 15) is 20.1 Å². The smallest absolute Gasteiger partial charge is 0.155 e. The number of carbonyl (C=O) groups excluding carboxylic acids is 1. The molecule has 4 N–H and O–H groups in total. The molecular weight excluding hydrogens is 669 g/mol. The Morgan fingerprint density at radius 2 is 1.52 bits per heavy atom.